The van der Waals surface area contributed by atoms with E-state index in [4.69, 9.17) is 0 Å². The zero-order valence-corrected chi connectivity index (χ0v) is 8.61. The predicted molar refractivity (Wildman–Crippen MR) is 42.1 cm³/mol. The van der Waals surface area contributed by atoms with Gasteiger partial charge in [0.1, 0.15) is 0 Å². The average Bonchev–Trinajstić information content (AvgIpc) is 2.13. The van der Waals surface area contributed by atoms with Gasteiger partial charge >= 0.3 is 12.1 Å². The zero-order chi connectivity index (χ0) is 13.4. The van der Waals surface area contributed by atoms with Crippen molar-refractivity contribution in [3.8, 4) is 0 Å². The van der Waals surface area contributed by atoms with Crippen LogP contribution in [0.25, 0.3) is 0 Å². The van der Waals surface area contributed by atoms with E-state index in [-0.39, 0.29) is 13.8 Å². The summed E-state index contributed by atoms with van der Waals surface area (Å²) in [6.07, 6.45) is -5.61. The number of esters is 1. The lowest BCUT2D eigenvalue weighted by Crippen LogP contribution is -2.56. The van der Waals surface area contributed by atoms with Crippen LogP contribution in [0.3, 0.4) is 0 Å². The maximum Gasteiger partial charge on any atom is 0.429 e. The Morgan fingerprint density at radius 2 is 1.38 bits per heavy atom. The highest BCUT2D eigenvalue weighted by molar-refractivity contribution is 6.10. The van der Waals surface area contributed by atoms with Crippen LogP contribution in [0.4, 0.5) is 22.0 Å². The smallest absolute Gasteiger partial charge is 0.429 e. The minimum Gasteiger partial charge on any atom is -0.466 e. The number of methoxy groups -OCH3 is 1. The Labute approximate surface area is 87.6 Å². The summed E-state index contributed by atoms with van der Waals surface area (Å²) in [4.78, 5) is 21.7. The van der Waals surface area contributed by atoms with Crippen LogP contribution in [0.2, 0.25) is 0 Å². The summed E-state index contributed by atoms with van der Waals surface area (Å²) < 4.78 is 66.4. The molecule has 3 nitrogen and oxygen atoms in total. The van der Waals surface area contributed by atoms with E-state index in [1.165, 1.54) is 0 Å². The topological polar surface area (TPSA) is 43.4 Å². The zero-order valence-electron chi connectivity index (χ0n) is 8.61. The fourth-order valence-electron chi connectivity index (χ4n) is 0.854. The van der Waals surface area contributed by atoms with Crippen molar-refractivity contribution in [2.45, 2.75) is 31.4 Å². The highest BCUT2D eigenvalue weighted by Crippen LogP contribution is 2.38. The van der Waals surface area contributed by atoms with Crippen LogP contribution in [0, 0.1) is 0 Å². The summed E-state index contributed by atoms with van der Waals surface area (Å²) in [5.74, 6) is -4.43. The molecule has 8 heteroatoms. The molecule has 0 spiro atoms. The molecule has 0 aliphatic carbocycles. The Kier molecular flexibility index (Phi) is 3.68. The quantitative estimate of drug-likeness (QED) is 0.434. The monoisotopic (exact) mass is 248 g/mol. The Morgan fingerprint density at radius 1 is 1.00 bits per heavy atom. The van der Waals surface area contributed by atoms with Crippen molar-refractivity contribution in [2.75, 3.05) is 7.11 Å². The molecule has 0 aromatic rings. The van der Waals surface area contributed by atoms with Crippen LogP contribution in [-0.4, -0.2) is 36.4 Å². The van der Waals surface area contributed by atoms with Gasteiger partial charge in [-0.1, -0.05) is 0 Å². The van der Waals surface area contributed by atoms with E-state index in [1.807, 2.05) is 0 Å². The summed E-state index contributed by atoms with van der Waals surface area (Å²) in [6, 6.07) is 0. The van der Waals surface area contributed by atoms with Crippen LogP contribution in [-0.2, 0) is 14.3 Å². The molecule has 0 saturated heterocycles. The molecule has 16 heavy (non-hydrogen) atoms. The number of carbonyl (C=O) groups excluding carboxylic acids is 2. The van der Waals surface area contributed by atoms with Gasteiger partial charge in [-0.15, -0.1) is 0 Å². The third-order valence-corrected chi connectivity index (χ3v) is 1.95. The molecule has 0 bridgehead atoms. The number of Topliss-reactive ketones (excluding diaryl/α,β-unsaturated/α-hetero) is 1. The van der Waals surface area contributed by atoms with Crippen molar-refractivity contribution < 1.29 is 36.3 Å². The molecule has 94 valence electrons. The van der Waals surface area contributed by atoms with E-state index >= 15 is 0 Å². The van der Waals surface area contributed by atoms with E-state index in [9.17, 15) is 31.5 Å². The molecule has 0 rings (SSSR count). The van der Waals surface area contributed by atoms with Gasteiger partial charge in [0.05, 0.1) is 7.11 Å². The summed E-state index contributed by atoms with van der Waals surface area (Å²) in [5.41, 5.74) is -8.14. The molecule has 0 saturated carbocycles. The number of carbonyl (C=O) groups is 2. The van der Waals surface area contributed by atoms with Crippen molar-refractivity contribution in [3.05, 3.63) is 0 Å². The SMILES string of the molecule is COC(=O)C(C)(F)C(=O)C(C)(F)C(F)(F)F. The maximum absolute atomic E-state index is 13.3. The second-order valence-corrected chi connectivity index (χ2v) is 3.32. The molecule has 2 unspecified atom stereocenters. The van der Waals surface area contributed by atoms with E-state index in [1.54, 1.807) is 0 Å². The molecular formula is C8H9F5O3. The highest BCUT2D eigenvalue weighted by Gasteiger charge is 2.64. The van der Waals surface area contributed by atoms with E-state index in [2.05, 4.69) is 4.74 Å². The van der Waals surface area contributed by atoms with E-state index < -0.39 is 29.3 Å². The van der Waals surface area contributed by atoms with Gasteiger partial charge in [-0.25, -0.2) is 13.6 Å². The minimum absolute atomic E-state index is 0.157. The second-order valence-electron chi connectivity index (χ2n) is 3.32. The lowest BCUT2D eigenvalue weighted by molar-refractivity contribution is -0.225. The van der Waals surface area contributed by atoms with Gasteiger partial charge in [-0.2, -0.15) is 13.2 Å². The first-order chi connectivity index (χ1) is 6.89. The average molecular weight is 248 g/mol. The fraction of sp³-hybridized carbons (Fsp3) is 0.750. The third kappa shape index (κ3) is 2.30. The summed E-state index contributed by atoms with van der Waals surface area (Å²) in [6.45, 7) is 0.0564. The van der Waals surface area contributed by atoms with Crippen molar-refractivity contribution in [1.29, 1.82) is 0 Å². The number of hydrogen-bond donors (Lipinski definition) is 0. The molecule has 0 aliphatic heterocycles. The summed E-state index contributed by atoms with van der Waals surface area (Å²) >= 11 is 0. The van der Waals surface area contributed by atoms with E-state index in [0.29, 0.717) is 7.11 Å². The van der Waals surface area contributed by atoms with Gasteiger partial charge in [0.2, 0.25) is 5.78 Å². The molecule has 0 aliphatic rings. The van der Waals surface area contributed by atoms with Gasteiger partial charge in [-0.05, 0) is 13.8 Å². The Hall–Kier alpha value is -1.21. The van der Waals surface area contributed by atoms with E-state index in [0.717, 1.165) is 0 Å². The minimum atomic E-state index is -5.61. The number of alkyl halides is 5. The summed E-state index contributed by atoms with van der Waals surface area (Å²) in [7, 11) is 0.663. The van der Waals surface area contributed by atoms with Gasteiger partial charge in [0.25, 0.3) is 11.3 Å². The van der Waals surface area contributed by atoms with Gasteiger partial charge in [0.15, 0.2) is 0 Å². The van der Waals surface area contributed by atoms with Crippen molar-refractivity contribution in [1.82, 2.24) is 0 Å². The molecule has 0 aromatic carbocycles. The molecule has 0 aromatic heterocycles. The highest BCUT2D eigenvalue weighted by atomic mass is 19.4. The standard InChI is InChI=1S/C8H9F5O3/c1-6(9,5(15)16-3)4(14)7(2,10)8(11,12)13/h1-3H3. The van der Waals surface area contributed by atoms with Crippen LogP contribution < -0.4 is 0 Å². The first kappa shape index (κ1) is 14.8. The second kappa shape index (κ2) is 3.99. The number of halogens is 5. The first-order valence-corrected chi connectivity index (χ1v) is 3.97. The molecule has 0 amide bonds. The number of ether oxygens (including phenoxy) is 1. The largest absolute Gasteiger partial charge is 0.466 e. The van der Waals surface area contributed by atoms with Crippen LogP contribution >= 0.6 is 0 Å². The lowest BCUT2D eigenvalue weighted by atomic mass is 9.90. The Bertz CT molecular complexity index is 305. The van der Waals surface area contributed by atoms with Crippen molar-refractivity contribution >= 4 is 11.8 Å². The van der Waals surface area contributed by atoms with Crippen LogP contribution in [0.1, 0.15) is 13.8 Å². The molecule has 0 radical (unpaired) electrons. The summed E-state index contributed by atoms with van der Waals surface area (Å²) in [5, 5.41) is 0. The lowest BCUT2D eigenvalue weighted by Gasteiger charge is -2.27. The molecule has 0 N–H and O–H groups in total. The number of rotatable bonds is 3. The maximum atomic E-state index is 13.3. The van der Waals surface area contributed by atoms with Crippen LogP contribution in [0.5, 0.6) is 0 Å². The third-order valence-electron chi connectivity index (χ3n) is 1.95. The van der Waals surface area contributed by atoms with Crippen molar-refractivity contribution in [3.63, 3.8) is 0 Å². The number of hydrogen-bond acceptors (Lipinski definition) is 3. The molecular weight excluding hydrogens is 239 g/mol. The molecule has 0 fully saturated rings. The van der Waals surface area contributed by atoms with Crippen molar-refractivity contribution in [2.24, 2.45) is 0 Å². The van der Waals surface area contributed by atoms with Crippen LogP contribution in [0.15, 0.2) is 0 Å². The Morgan fingerprint density at radius 3 is 1.62 bits per heavy atom. The van der Waals surface area contributed by atoms with Gasteiger partial charge in [-0.3, -0.25) is 4.79 Å². The van der Waals surface area contributed by atoms with Gasteiger partial charge < -0.3 is 4.74 Å². The molecule has 0 heterocycles. The first-order valence-electron chi connectivity index (χ1n) is 3.97. The predicted octanol–water partition coefficient (Wildman–Crippen LogP) is 1.75. The van der Waals surface area contributed by atoms with Gasteiger partial charge in [0, 0.05) is 0 Å². The Balaban J connectivity index is 5.30. The fourth-order valence-corrected chi connectivity index (χ4v) is 0.854. The normalized spacial score (nSPS) is 19.5. The number of ketones is 1. The molecule has 2 atom stereocenters.